The Balaban J connectivity index is 2.15. The summed E-state index contributed by atoms with van der Waals surface area (Å²) >= 11 is 0. The molecule has 19 heavy (non-hydrogen) atoms. The average molecular weight is 260 g/mol. The number of amides is 1. The Morgan fingerprint density at radius 2 is 2.26 bits per heavy atom. The van der Waals surface area contributed by atoms with Gasteiger partial charge in [-0.05, 0) is 31.4 Å². The number of pyridine rings is 1. The fourth-order valence-electron chi connectivity index (χ4n) is 2.47. The topological polar surface area (TPSA) is 50.3 Å². The van der Waals surface area contributed by atoms with Gasteiger partial charge in [0.2, 0.25) is 0 Å². The van der Waals surface area contributed by atoms with Gasteiger partial charge >= 0.3 is 0 Å². The lowest BCUT2D eigenvalue weighted by Gasteiger charge is -2.25. The maximum atomic E-state index is 12.4. The lowest BCUT2D eigenvalue weighted by Crippen LogP contribution is -2.42. The number of aromatic nitrogens is 1. The predicted octanol–water partition coefficient (Wildman–Crippen LogP) is 2.30. The van der Waals surface area contributed by atoms with Gasteiger partial charge in [0.25, 0.3) is 5.91 Å². The van der Waals surface area contributed by atoms with Crippen LogP contribution in [0.25, 0.3) is 0 Å². The molecule has 1 aromatic heterocycles. The molecule has 4 heteroatoms. The molecule has 2 rings (SSSR count). The molecule has 102 valence electrons. The normalized spacial score (nSPS) is 20.3. The Kier molecular flexibility index (Phi) is 4.30. The lowest BCUT2D eigenvalue weighted by molar-refractivity contribution is -0.126. The van der Waals surface area contributed by atoms with E-state index in [2.05, 4.69) is 4.98 Å². The summed E-state index contributed by atoms with van der Waals surface area (Å²) in [5.41, 5.74) is 0.423. The van der Waals surface area contributed by atoms with Gasteiger partial charge in [0.15, 0.2) is 5.78 Å². The molecule has 0 spiro atoms. The van der Waals surface area contributed by atoms with Crippen molar-refractivity contribution in [3.05, 3.63) is 30.1 Å². The summed E-state index contributed by atoms with van der Waals surface area (Å²) in [5.74, 6) is 0.0752. The highest BCUT2D eigenvalue weighted by Gasteiger charge is 2.36. The molecule has 1 unspecified atom stereocenters. The van der Waals surface area contributed by atoms with Gasteiger partial charge in [-0.25, -0.2) is 0 Å². The monoisotopic (exact) mass is 260 g/mol. The molecule has 2 heterocycles. The Hall–Kier alpha value is -1.71. The quantitative estimate of drug-likeness (QED) is 0.834. The van der Waals surface area contributed by atoms with Crippen molar-refractivity contribution in [1.29, 1.82) is 0 Å². The lowest BCUT2D eigenvalue weighted by atomic mass is 9.96. The molecule has 1 aromatic rings. The van der Waals surface area contributed by atoms with Crippen LogP contribution in [0.5, 0.6) is 0 Å². The van der Waals surface area contributed by atoms with Crippen LogP contribution in [0.3, 0.4) is 0 Å². The molecular formula is C15H20N2O2. The number of carbonyl (C=O) groups is 2. The number of Topliss-reactive ketones (excluding diaryl/α,β-unsaturated/α-hetero) is 1. The molecule has 0 aromatic carbocycles. The van der Waals surface area contributed by atoms with Crippen LogP contribution in [0.15, 0.2) is 24.4 Å². The third-order valence-electron chi connectivity index (χ3n) is 3.82. The Morgan fingerprint density at radius 1 is 1.47 bits per heavy atom. The summed E-state index contributed by atoms with van der Waals surface area (Å²) < 4.78 is 0. The van der Waals surface area contributed by atoms with Gasteiger partial charge in [0.1, 0.15) is 5.69 Å². The fraction of sp³-hybridized carbons (Fsp3) is 0.533. The Labute approximate surface area is 113 Å². The summed E-state index contributed by atoms with van der Waals surface area (Å²) in [6, 6.07) is 5.01. The molecule has 2 atom stereocenters. The van der Waals surface area contributed by atoms with Crippen LogP contribution in [0, 0.1) is 5.92 Å². The highest BCUT2D eigenvalue weighted by atomic mass is 16.2. The van der Waals surface area contributed by atoms with Gasteiger partial charge in [-0.2, -0.15) is 0 Å². The molecule has 0 bridgehead atoms. The number of likely N-dealkylation sites (tertiary alicyclic amines) is 1. The van der Waals surface area contributed by atoms with Crippen molar-refractivity contribution in [1.82, 2.24) is 9.88 Å². The first-order chi connectivity index (χ1) is 9.15. The minimum atomic E-state index is -0.260. The first-order valence-corrected chi connectivity index (χ1v) is 6.91. The van der Waals surface area contributed by atoms with Crippen LogP contribution in [-0.2, 0) is 4.79 Å². The summed E-state index contributed by atoms with van der Waals surface area (Å²) in [4.78, 5) is 30.5. The van der Waals surface area contributed by atoms with Crippen molar-refractivity contribution in [3.63, 3.8) is 0 Å². The fourth-order valence-corrected chi connectivity index (χ4v) is 2.47. The molecule has 1 aliphatic rings. The number of hydrogen-bond donors (Lipinski definition) is 0. The van der Waals surface area contributed by atoms with Crippen LogP contribution < -0.4 is 0 Å². The van der Waals surface area contributed by atoms with Crippen molar-refractivity contribution in [3.8, 4) is 0 Å². The first-order valence-electron chi connectivity index (χ1n) is 6.91. The van der Waals surface area contributed by atoms with E-state index in [1.807, 2.05) is 13.8 Å². The standard InChI is InChI=1S/C15H20N2O2/c1-3-11(2)14(18)13-8-6-10-17(13)15(19)12-7-4-5-9-16-12/h4-5,7,9,11,13H,3,6,8,10H2,1-2H3/t11?,13-/m0/s1. The van der Waals surface area contributed by atoms with Gasteiger partial charge in [-0.1, -0.05) is 19.9 Å². The van der Waals surface area contributed by atoms with E-state index in [9.17, 15) is 9.59 Å². The summed E-state index contributed by atoms with van der Waals surface area (Å²) in [5, 5.41) is 0. The van der Waals surface area contributed by atoms with Gasteiger partial charge in [-0.3, -0.25) is 14.6 Å². The molecule has 1 amide bonds. The molecular weight excluding hydrogens is 240 g/mol. The second kappa shape index (κ2) is 5.95. The molecule has 1 fully saturated rings. The molecule has 0 aliphatic carbocycles. The van der Waals surface area contributed by atoms with Crippen LogP contribution in [0.1, 0.15) is 43.6 Å². The Morgan fingerprint density at radius 3 is 2.89 bits per heavy atom. The van der Waals surface area contributed by atoms with E-state index >= 15 is 0 Å². The second-order valence-electron chi connectivity index (χ2n) is 5.08. The van der Waals surface area contributed by atoms with E-state index < -0.39 is 0 Å². The highest BCUT2D eigenvalue weighted by Crippen LogP contribution is 2.23. The van der Waals surface area contributed by atoms with Crippen molar-refractivity contribution >= 4 is 11.7 Å². The maximum absolute atomic E-state index is 12.4. The zero-order chi connectivity index (χ0) is 13.8. The van der Waals surface area contributed by atoms with Crippen LogP contribution >= 0.6 is 0 Å². The molecule has 0 saturated carbocycles. The highest BCUT2D eigenvalue weighted by molar-refractivity contribution is 5.97. The van der Waals surface area contributed by atoms with Crippen LogP contribution in [0.4, 0.5) is 0 Å². The minimum Gasteiger partial charge on any atom is -0.327 e. The zero-order valence-electron chi connectivity index (χ0n) is 11.5. The van der Waals surface area contributed by atoms with Crippen LogP contribution in [-0.4, -0.2) is 34.2 Å². The summed E-state index contributed by atoms with van der Waals surface area (Å²) in [6.45, 7) is 4.59. The average Bonchev–Trinajstić information content (AvgIpc) is 2.95. The van der Waals surface area contributed by atoms with E-state index in [4.69, 9.17) is 0 Å². The largest absolute Gasteiger partial charge is 0.327 e. The SMILES string of the molecule is CCC(C)C(=O)[C@@H]1CCCN1C(=O)c1ccccn1. The number of rotatable bonds is 4. The number of hydrogen-bond acceptors (Lipinski definition) is 3. The second-order valence-corrected chi connectivity index (χ2v) is 5.08. The molecule has 1 saturated heterocycles. The maximum Gasteiger partial charge on any atom is 0.273 e. The number of carbonyl (C=O) groups excluding carboxylic acids is 2. The number of nitrogens with zero attached hydrogens (tertiary/aromatic N) is 2. The van der Waals surface area contributed by atoms with E-state index in [0.29, 0.717) is 12.2 Å². The van der Waals surface area contributed by atoms with Crippen LogP contribution in [0.2, 0.25) is 0 Å². The van der Waals surface area contributed by atoms with E-state index in [-0.39, 0.29) is 23.7 Å². The van der Waals surface area contributed by atoms with Crippen molar-refractivity contribution < 1.29 is 9.59 Å². The zero-order valence-corrected chi connectivity index (χ0v) is 11.5. The predicted molar refractivity (Wildman–Crippen MR) is 72.8 cm³/mol. The number of ketones is 1. The van der Waals surface area contributed by atoms with Gasteiger partial charge in [0, 0.05) is 18.7 Å². The van der Waals surface area contributed by atoms with Gasteiger partial charge in [-0.15, -0.1) is 0 Å². The smallest absolute Gasteiger partial charge is 0.273 e. The van der Waals surface area contributed by atoms with Gasteiger partial charge in [0.05, 0.1) is 6.04 Å². The third-order valence-corrected chi connectivity index (χ3v) is 3.82. The Bertz CT molecular complexity index is 458. The molecule has 0 radical (unpaired) electrons. The van der Waals surface area contributed by atoms with Crippen molar-refractivity contribution in [2.45, 2.75) is 39.2 Å². The van der Waals surface area contributed by atoms with E-state index in [1.54, 1.807) is 29.3 Å². The third kappa shape index (κ3) is 2.83. The summed E-state index contributed by atoms with van der Waals surface area (Å²) in [6.07, 6.45) is 4.10. The molecule has 1 aliphatic heterocycles. The van der Waals surface area contributed by atoms with Gasteiger partial charge < -0.3 is 4.90 Å². The molecule has 0 N–H and O–H groups in total. The first kappa shape index (κ1) is 13.7. The minimum absolute atomic E-state index is 0.0159. The van der Waals surface area contributed by atoms with Crippen molar-refractivity contribution in [2.75, 3.05) is 6.54 Å². The molecule has 4 nitrogen and oxygen atoms in total. The van der Waals surface area contributed by atoms with E-state index in [1.165, 1.54) is 0 Å². The summed E-state index contributed by atoms with van der Waals surface area (Å²) in [7, 11) is 0. The van der Waals surface area contributed by atoms with E-state index in [0.717, 1.165) is 19.3 Å². The van der Waals surface area contributed by atoms with Crippen molar-refractivity contribution in [2.24, 2.45) is 5.92 Å².